The largest absolute Gasteiger partial charge is 0.494 e. The van der Waals surface area contributed by atoms with Crippen LogP contribution in [0.4, 0.5) is 11.5 Å². The number of methoxy groups -OCH3 is 1. The van der Waals surface area contributed by atoms with Crippen molar-refractivity contribution in [3.63, 3.8) is 0 Å². The molecule has 150 valence electrons. The number of nitrogens with one attached hydrogen (secondary N) is 1. The van der Waals surface area contributed by atoms with E-state index in [0.717, 1.165) is 18.4 Å². The zero-order valence-electron chi connectivity index (χ0n) is 15.9. The van der Waals surface area contributed by atoms with Crippen molar-refractivity contribution >= 4 is 17.5 Å². The minimum Gasteiger partial charge on any atom is -0.494 e. The van der Waals surface area contributed by atoms with E-state index in [1.807, 2.05) is 6.07 Å². The topological polar surface area (TPSA) is 108 Å². The Bertz CT molecular complexity index is 1050. The fourth-order valence-electron chi connectivity index (χ4n) is 3.45. The molecule has 3 N–H and O–H groups in total. The van der Waals surface area contributed by atoms with E-state index in [2.05, 4.69) is 22.5 Å². The van der Waals surface area contributed by atoms with E-state index in [1.54, 1.807) is 0 Å². The van der Waals surface area contributed by atoms with Crippen LogP contribution in [0, 0.1) is 0 Å². The van der Waals surface area contributed by atoms with E-state index in [4.69, 9.17) is 14.3 Å². The number of rotatable bonds is 6. The molecule has 29 heavy (non-hydrogen) atoms. The summed E-state index contributed by atoms with van der Waals surface area (Å²) in [6, 6.07) is 10.4. The summed E-state index contributed by atoms with van der Waals surface area (Å²) in [4.78, 5) is 15.4. The van der Waals surface area contributed by atoms with Gasteiger partial charge >= 0.3 is 5.97 Å². The fraction of sp³-hybridized carbons (Fsp3) is 0.238. The number of anilines is 2. The molecule has 8 heteroatoms. The second-order valence-electron chi connectivity index (χ2n) is 6.85. The maximum atomic E-state index is 11.1. The van der Waals surface area contributed by atoms with Crippen LogP contribution < -0.4 is 15.3 Å². The second-order valence-corrected chi connectivity index (χ2v) is 6.85. The molecule has 1 aromatic heterocycles. The highest BCUT2D eigenvalue weighted by atomic mass is 16.5. The minimum absolute atomic E-state index is 0.0769. The molecule has 0 unspecified atom stereocenters. The molecule has 8 nitrogen and oxygen atoms in total. The van der Waals surface area contributed by atoms with Gasteiger partial charge in [-0.2, -0.15) is 4.98 Å². The molecule has 0 amide bonds. The van der Waals surface area contributed by atoms with Crippen molar-refractivity contribution in [2.45, 2.75) is 25.7 Å². The quantitative estimate of drug-likeness (QED) is 0.534. The van der Waals surface area contributed by atoms with Gasteiger partial charge in [-0.15, -0.1) is 5.17 Å². The van der Waals surface area contributed by atoms with Gasteiger partial charge < -0.3 is 14.3 Å². The molecule has 4 rings (SSSR count). The lowest BCUT2D eigenvalue weighted by Gasteiger charge is -2.18. The van der Waals surface area contributed by atoms with Crippen LogP contribution in [-0.4, -0.2) is 28.4 Å². The number of hydrogen-bond acceptors (Lipinski definition) is 7. The molecule has 1 aliphatic rings. The van der Waals surface area contributed by atoms with Crippen molar-refractivity contribution in [3.05, 3.63) is 59.4 Å². The SMILES string of the molecule is COc1cc(C(=O)O)ccc1NN(O)c1coc(-c2ccc3c(c2)CCCC3)n1. The number of aromatic nitrogens is 1. The third-order valence-electron chi connectivity index (χ3n) is 4.98. The van der Waals surface area contributed by atoms with Gasteiger partial charge in [0.1, 0.15) is 12.0 Å². The van der Waals surface area contributed by atoms with Gasteiger partial charge in [-0.25, -0.2) is 4.79 Å². The molecule has 1 heterocycles. The standard InChI is InChI=1S/C21H21N3O5/c1-28-18-11-16(21(25)26)8-9-17(18)23-24(27)19-12-29-20(22-19)15-7-6-13-4-2-3-5-14(13)10-15/h6-12,23,27H,2-5H2,1H3,(H,25,26). The summed E-state index contributed by atoms with van der Waals surface area (Å²) in [5, 5.41) is 20.1. The van der Waals surface area contributed by atoms with Gasteiger partial charge in [-0.3, -0.25) is 10.6 Å². The molecule has 0 saturated heterocycles. The third-order valence-corrected chi connectivity index (χ3v) is 4.98. The van der Waals surface area contributed by atoms with Gasteiger partial charge in [-0.05, 0) is 67.1 Å². The molecule has 0 bridgehead atoms. The number of carboxylic acid groups (broad SMARTS) is 1. The van der Waals surface area contributed by atoms with Crippen LogP contribution in [0.15, 0.2) is 47.1 Å². The second kappa shape index (κ2) is 7.84. The molecule has 0 radical (unpaired) electrons. The average molecular weight is 395 g/mol. The van der Waals surface area contributed by atoms with Crippen LogP contribution in [-0.2, 0) is 12.8 Å². The van der Waals surface area contributed by atoms with Crippen molar-refractivity contribution in [2.24, 2.45) is 0 Å². The summed E-state index contributed by atoms with van der Waals surface area (Å²) in [6.45, 7) is 0. The van der Waals surface area contributed by atoms with Crippen LogP contribution in [0.5, 0.6) is 5.75 Å². The maximum absolute atomic E-state index is 11.1. The number of hydrogen-bond donors (Lipinski definition) is 3. The van der Waals surface area contributed by atoms with E-state index in [-0.39, 0.29) is 17.1 Å². The van der Waals surface area contributed by atoms with E-state index >= 15 is 0 Å². The van der Waals surface area contributed by atoms with Crippen molar-refractivity contribution in [1.29, 1.82) is 0 Å². The molecule has 0 atom stereocenters. The Morgan fingerprint density at radius 2 is 1.97 bits per heavy atom. The van der Waals surface area contributed by atoms with Crippen molar-refractivity contribution in [1.82, 2.24) is 4.98 Å². The van der Waals surface area contributed by atoms with Crippen molar-refractivity contribution < 1.29 is 24.3 Å². The normalized spacial score (nSPS) is 12.9. The van der Waals surface area contributed by atoms with Gasteiger partial charge in [0, 0.05) is 5.56 Å². The number of aromatic carboxylic acids is 1. The molecule has 0 aliphatic heterocycles. The zero-order chi connectivity index (χ0) is 20.4. The Balaban J connectivity index is 1.53. The molecule has 1 aliphatic carbocycles. The van der Waals surface area contributed by atoms with Gasteiger partial charge in [0.2, 0.25) is 11.7 Å². The first-order valence-electron chi connectivity index (χ1n) is 9.30. The van der Waals surface area contributed by atoms with Crippen LogP contribution in [0.3, 0.4) is 0 Å². The van der Waals surface area contributed by atoms with Gasteiger partial charge in [0.15, 0.2) is 0 Å². The summed E-state index contributed by atoms with van der Waals surface area (Å²) >= 11 is 0. The van der Waals surface area contributed by atoms with Crippen molar-refractivity contribution in [2.75, 3.05) is 17.7 Å². The molecule has 0 saturated carbocycles. The third kappa shape index (κ3) is 3.88. The molecule has 0 spiro atoms. The van der Waals surface area contributed by atoms with E-state index < -0.39 is 5.97 Å². The number of oxazole rings is 1. The predicted molar refractivity (Wildman–Crippen MR) is 106 cm³/mol. The number of fused-ring (bicyclic) bond motifs is 1. The van der Waals surface area contributed by atoms with Gasteiger partial charge in [0.25, 0.3) is 0 Å². The first-order valence-corrected chi connectivity index (χ1v) is 9.30. The summed E-state index contributed by atoms with van der Waals surface area (Å²) < 4.78 is 10.7. The lowest BCUT2D eigenvalue weighted by Crippen LogP contribution is -2.26. The molecule has 0 fully saturated rings. The van der Waals surface area contributed by atoms with Gasteiger partial charge in [0.05, 0.1) is 18.4 Å². The maximum Gasteiger partial charge on any atom is 0.335 e. The Hall–Kier alpha value is -3.52. The number of carboxylic acids is 1. The van der Waals surface area contributed by atoms with Crippen LogP contribution in [0.2, 0.25) is 0 Å². The van der Waals surface area contributed by atoms with Crippen LogP contribution in [0.1, 0.15) is 34.3 Å². The first kappa shape index (κ1) is 18.8. The Kier molecular flexibility index (Phi) is 5.09. The number of benzene rings is 2. The average Bonchev–Trinajstić information content (AvgIpc) is 3.24. The zero-order valence-corrected chi connectivity index (χ0v) is 15.9. The smallest absolute Gasteiger partial charge is 0.335 e. The number of nitrogens with zero attached hydrogens (tertiary/aromatic N) is 2. The van der Waals surface area contributed by atoms with Gasteiger partial charge in [-0.1, -0.05) is 6.07 Å². The van der Waals surface area contributed by atoms with E-state index in [0.29, 0.717) is 16.8 Å². The van der Waals surface area contributed by atoms with Crippen molar-refractivity contribution in [3.8, 4) is 17.2 Å². The van der Waals surface area contributed by atoms with E-state index in [9.17, 15) is 10.0 Å². The lowest BCUT2D eigenvalue weighted by atomic mass is 9.90. The molecule has 2 aromatic carbocycles. The highest BCUT2D eigenvalue weighted by Crippen LogP contribution is 2.30. The molecular formula is C21H21N3O5. The number of carbonyl (C=O) groups is 1. The summed E-state index contributed by atoms with van der Waals surface area (Å²) in [5.41, 5.74) is 6.70. The Morgan fingerprint density at radius 3 is 2.72 bits per heavy atom. The number of aryl methyl sites for hydroxylation is 2. The summed E-state index contributed by atoms with van der Waals surface area (Å²) in [6.07, 6.45) is 5.89. The van der Waals surface area contributed by atoms with Crippen LogP contribution in [0.25, 0.3) is 11.5 Å². The summed E-state index contributed by atoms with van der Waals surface area (Å²) in [5.74, 6) is -0.242. The number of hydrazine groups is 1. The predicted octanol–water partition coefficient (Wildman–Crippen LogP) is 4.15. The molecule has 3 aromatic rings. The number of ether oxygens (including phenoxy) is 1. The highest BCUT2D eigenvalue weighted by Gasteiger charge is 2.17. The Morgan fingerprint density at radius 1 is 1.17 bits per heavy atom. The molecular weight excluding hydrogens is 374 g/mol. The van der Waals surface area contributed by atoms with Crippen LogP contribution >= 0.6 is 0 Å². The minimum atomic E-state index is -1.07. The lowest BCUT2D eigenvalue weighted by molar-refractivity contribution is 0.0696. The summed E-state index contributed by atoms with van der Waals surface area (Å²) in [7, 11) is 1.41. The fourth-order valence-corrected chi connectivity index (χ4v) is 3.45. The Labute approximate surface area is 167 Å². The first-order chi connectivity index (χ1) is 14.0. The highest BCUT2D eigenvalue weighted by molar-refractivity contribution is 5.89. The van der Waals surface area contributed by atoms with E-state index in [1.165, 1.54) is 55.5 Å². The monoisotopic (exact) mass is 395 g/mol.